The van der Waals surface area contributed by atoms with Gasteiger partial charge in [-0.25, -0.2) is 5.43 Å². The molecule has 0 heterocycles. The van der Waals surface area contributed by atoms with E-state index in [1.807, 2.05) is 6.92 Å². The Labute approximate surface area is 119 Å². The average molecular weight is 270 g/mol. The molecule has 0 amide bonds. The number of nitrogens with zero attached hydrogens (tertiary/aromatic N) is 5. The molecule has 0 aromatic carbocycles. The Kier molecular flexibility index (Phi) is 4.36. The summed E-state index contributed by atoms with van der Waals surface area (Å²) in [7, 11) is 3.57. The minimum absolute atomic E-state index is 0.222. The fraction of sp³-hybridized carbons (Fsp3) is 0.714. The van der Waals surface area contributed by atoms with Crippen LogP contribution in [-0.2, 0) is 0 Å². The van der Waals surface area contributed by atoms with Crippen LogP contribution < -0.4 is 5.43 Å². The second-order valence-electron chi connectivity index (χ2n) is 5.62. The van der Waals surface area contributed by atoms with Gasteiger partial charge in [-0.1, -0.05) is 13.8 Å². The summed E-state index contributed by atoms with van der Waals surface area (Å²) in [6, 6.07) is 7.84. The molecule has 1 N–H and O–H groups in total. The maximum atomic E-state index is 9.55. The standard InChI is InChI=1S/C14H18N6/c1-10-5-12(19-20(3)4)14(8-17,9-18)11(2)13(10,6-15)7-16/h10-12,19H,5H2,1-4H3/t10-,11-,12-/m0/s1. The summed E-state index contributed by atoms with van der Waals surface area (Å²) in [5.41, 5.74) is 0.381. The van der Waals surface area contributed by atoms with Crippen LogP contribution in [0.1, 0.15) is 20.3 Å². The summed E-state index contributed by atoms with van der Waals surface area (Å²) < 4.78 is 0. The third-order valence-corrected chi connectivity index (χ3v) is 4.44. The van der Waals surface area contributed by atoms with Gasteiger partial charge in [0.15, 0.2) is 10.8 Å². The molecule has 1 rings (SSSR count). The quantitative estimate of drug-likeness (QED) is 0.754. The lowest BCUT2D eigenvalue weighted by Gasteiger charge is -2.48. The zero-order valence-electron chi connectivity index (χ0n) is 12.2. The zero-order valence-corrected chi connectivity index (χ0v) is 12.2. The fourth-order valence-corrected chi connectivity index (χ4v) is 3.09. The maximum Gasteiger partial charge on any atom is 0.165 e. The van der Waals surface area contributed by atoms with Gasteiger partial charge in [-0.15, -0.1) is 0 Å². The van der Waals surface area contributed by atoms with E-state index in [9.17, 15) is 21.0 Å². The van der Waals surface area contributed by atoms with Crippen LogP contribution in [0.5, 0.6) is 0 Å². The Morgan fingerprint density at radius 3 is 1.75 bits per heavy atom. The molecule has 104 valence electrons. The molecule has 0 aromatic heterocycles. The van der Waals surface area contributed by atoms with Gasteiger partial charge in [-0.3, -0.25) is 5.01 Å². The van der Waals surface area contributed by atoms with Gasteiger partial charge >= 0.3 is 0 Å². The Morgan fingerprint density at radius 1 is 0.950 bits per heavy atom. The molecule has 1 aliphatic carbocycles. The first-order valence-electron chi connectivity index (χ1n) is 6.43. The number of hydrogen-bond donors (Lipinski definition) is 1. The topological polar surface area (TPSA) is 110 Å². The van der Waals surface area contributed by atoms with Gasteiger partial charge in [0, 0.05) is 20.0 Å². The van der Waals surface area contributed by atoms with Gasteiger partial charge in [-0.2, -0.15) is 21.0 Å². The van der Waals surface area contributed by atoms with E-state index in [0.717, 1.165) is 0 Å². The van der Waals surface area contributed by atoms with Crippen molar-refractivity contribution in [1.82, 2.24) is 10.4 Å². The Morgan fingerprint density at radius 2 is 1.40 bits per heavy atom. The number of nitriles is 4. The normalized spacial score (nSPS) is 30.6. The molecule has 0 aromatic rings. The second kappa shape index (κ2) is 5.48. The number of nitrogens with one attached hydrogen (secondary N) is 1. The molecule has 1 fully saturated rings. The molecule has 0 bridgehead atoms. The van der Waals surface area contributed by atoms with Crippen LogP contribution in [0, 0.1) is 68.0 Å². The lowest BCUT2D eigenvalue weighted by molar-refractivity contribution is 0.0221. The smallest absolute Gasteiger partial charge is 0.165 e. The van der Waals surface area contributed by atoms with Crippen LogP contribution in [-0.4, -0.2) is 25.1 Å². The fourth-order valence-electron chi connectivity index (χ4n) is 3.09. The van der Waals surface area contributed by atoms with Crippen molar-refractivity contribution in [1.29, 1.82) is 21.0 Å². The molecule has 0 radical (unpaired) electrons. The SMILES string of the molecule is C[C@@H]1C(C#N)(C#N)[C@@H](NN(C)C)C[C@H](C)C1(C#N)C#N. The van der Waals surface area contributed by atoms with Gasteiger partial charge in [0.05, 0.1) is 30.3 Å². The van der Waals surface area contributed by atoms with Gasteiger partial charge in [0.25, 0.3) is 0 Å². The van der Waals surface area contributed by atoms with Crippen molar-refractivity contribution >= 4 is 0 Å². The summed E-state index contributed by atoms with van der Waals surface area (Å²) >= 11 is 0. The van der Waals surface area contributed by atoms with Crippen molar-refractivity contribution in [2.75, 3.05) is 14.1 Å². The predicted molar refractivity (Wildman–Crippen MR) is 70.9 cm³/mol. The first kappa shape index (κ1) is 15.9. The molecule has 0 saturated heterocycles. The van der Waals surface area contributed by atoms with Crippen molar-refractivity contribution in [3.05, 3.63) is 0 Å². The van der Waals surface area contributed by atoms with Crippen LogP contribution >= 0.6 is 0 Å². The van der Waals surface area contributed by atoms with E-state index in [0.29, 0.717) is 6.42 Å². The van der Waals surface area contributed by atoms with Crippen molar-refractivity contribution in [3.8, 4) is 24.3 Å². The second-order valence-corrected chi connectivity index (χ2v) is 5.62. The summed E-state index contributed by atoms with van der Waals surface area (Å²) in [6.07, 6.45) is 0.421. The average Bonchev–Trinajstić information content (AvgIpc) is 2.41. The van der Waals surface area contributed by atoms with Crippen molar-refractivity contribution in [2.45, 2.75) is 26.3 Å². The molecule has 6 nitrogen and oxygen atoms in total. The summed E-state index contributed by atoms with van der Waals surface area (Å²) in [4.78, 5) is 0. The summed E-state index contributed by atoms with van der Waals surface area (Å²) in [5, 5.41) is 39.7. The molecular weight excluding hydrogens is 252 g/mol. The molecule has 1 aliphatic rings. The highest BCUT2D eigenvalue weighted by Gasteiger charge is 2.61. The van der Waals surface area contributed by atoms with Crippen LogP contribution in [0.4, 0.5) is 0 Å². The lowest BCUT2D eigenvalue weighted by atomic mass is 9.51. The first-order valence-corrected chi connectivity index (χ1v) is 6.43. The van der Waals surface area contributed by atoms with Gasteiger partial charge in [-0.05, 0) is 12.3 Å². The highest BCUT2D eigenvalue weighted by Crippen LogP contribution is 2.53. The number of hydrazine groups is 1. The Balaban J connectivity index is 3.42. The van der Waals surface area contributed by atoms with E-state index < -0.39 is 22.8 Å². The highest BCUT2D eigenvalue weighted by molar-refractivity contribution is 5.33. The largest absolute Gasteiger partial charge is 0.250 e. The van der Waals surface area contributed by atoms with Crippen molar-refractivity contribution in [2.24, 2.45) is 22.7 Å². The van der Waals surface area contributed by atoms with E-state index >= 15 is 0 Å². The number of hydrogen-bond acceptors (Lipinski definition) is 6. The molecule has 6 heteroatoms. The van der Waals surface area contributed by atoms with Crippen LogP contribution in [0.3, 0.4) is 0 Å². The molecule has 0 spiro atoms. The third-order valence-electron chi connectivity index (χ3n) is 4.44. The van der Waals surface area contributed by atoms with E-state index in [1.165, 1.54) is 0 Å². The van der Waals surface area contributed by atoms with E-state index in [-0.39, 0.29) is 5.92 Å². The van der Waals surface area contributed by atoms with Crippen LogP contribution in [0.25, 0.3) is 0 Å². The molecule has 1 saturated carbocycles. The third kappa shape index (κ3) is 2.00. The highest BCUT2D eigenvalue weighted by atomic mass is 15.5. The Bertz CT molecular complexity index is 510. The Hall–Kier alpha value is -2.12. The molecule has 0 unspecified atom stereocenters. The summed E-state index contributed by atoms with van der Waals surface area (Å²) in [5.74, 6) is -0.888. The predicted octanol–water partition coefficient (Wildman–Crippen LogP) is 1.16. The maximum absolute atomic E-state index is 9.55. The van der Waals surface area contributed by atoms with Crippen LogP contribution in [0.15, 0.2) is 0 Å². The van der Waals surface area contributed by atoms with Crippen molar-refractivity contribution in [3.63, 3.8) is 0 Å². The minimum atomic E-state index is -1.40. The lowest BCUT2D eigenvalue weighted by Crippen LogP contribution is -2.61. The first-order chi connectivity index (χ1) is 9.34. The van der Waals surface area contributed by atoms with E-state index in [4.69, 9.17) is 0 Å². The van der Waals surface area contributed by atoms with Gasteiger partial charge < -0.3 is 0 Å². The molecular formula is C14H18N6. The monoisotopic (exact) mass is 270 g/mol. The zero-order chi connectivity index (χ0) is 15.6. The van der Waals surface area contributed by atoms with Gasteiger partial charge in [0.1, 0.15) is 0 Å². The van der Waals surface area contributed by atoms with E-state index in [2.05, 4.69) is 29.7 Å². The summed E-state index contributed by atoms with van der Waals surface area (Å²) in [6.45, 7) is 3.48. The van der Waals surface area contributed by atoms with E-state index in [1.54, 1.807) is 26.0 Å². The van der Waals surface area contributed by atoms with Crippen LogP contribution in [0.2, 0.25) is 0 Å². The minimum Gasteiger partial charge on any atom is -0.250 e. The van der Waals surface area contributed by atoms with Gasteiger partial charge in [0.2, 0.25) is 0 Å². The number of rotatable bonds is 2. The molecule has 3 atom stereocenters. The molecule has 20 heavy (non-hydrogen) atoms. The molecule has 0 aliphatic heterocycles. The van der Waals surface area contributed by atoms with Crippen molar-refractivity contribution < 1.29 is 0 Å².